The maximum Gasteiger partial charge on any atom is 0.257 e. The molecule has 8 rings (SSSR count). The van der Waals surface area contributed by atoms with Gasteiger partial charge in [-0.3, -0.25) is 14.8 Å². The molecular weight excluding hydrogens is 593 g/mol. The third-order valence-electron chi connectivity index (χ3n) is 9.11. The zero-order valence-corrected chi connectivity index (χ0v) is 25.7. The van der Waals surface area contributed by atoms with Crippen LogP contribution in [0.3, 0.4) is 0 Å². The SMILES string of the molecule is Cc1nnc(-c2c(CCC3CCOCC3)nc3c(c2-c2cc4ccnc(NCc5cncc(F)c5)c4s2)C(=O)N2CCC[C@@H]32)o1. The number of pyridine rings is 3. The zero-order valence-electron chi connectivity index (χ0n) is 24.9. The van der Waals surface area contributed by atoms with Crippen LogP contribution in [0.4, 0.5) is 10.2 Å². The van der Waals surface area contributed by atoms with E-state index in [1.165, 1.54) is 12.3 Å². The van der Waals surface area contributed by atoms with Crippen molar-refractivity contribution in [1.82, 2.24) is 30.0 Å². The van der Waals surface area contributed by atoms with Gasteiger partial charge in [0.15, 0.2) is 0 Å². The molecule has 2 fully saturated rings. The van der Waals surface area contributed by atoms with Crippen molar-refractivity contribution in [3.8, 4) is 21.9 Å². The monoisotopic (exact) mass is 625 g/mol. The average Bonchev–Trinajstić information content (AvgIpc) is 3.85. The summed E-state index contributed by atoms with van der Waals surface area (Å²) in [6.45, 7) is 4.45. The summed E-state index contributed by atoms with van der Waals surface area (Å²) in [6, 6.07) is 5.52. The van der Waals surface area contributed by atoms with E-state index < -0.39 is 0 Å². The van der Waals surface area contributed by atoms with Crippen LogP contribution in [0.25, 0.3) is 32.0 Å². The highest BCUT2D eigenvalue weighted by Crippen LogP contribution is 2.50. The number of nitrogens with zero attached hydrogens (tertiary/aromatic N) is 6. The third-order valence-corrected chi connectivity index (χ3v) is 10.3. The lowest BCUT2D eigenvalue weighted by molar-refractivity contribution is 0.0639. The number of carbonyl (C=O) groups excluding carboxylic acids is 1. The average molecular weight is 626 g/mol. The van der Waals surface area contributed by atoms with Crippen molar-refractivity contribution >= 4 is 33.1 Å². The van der Waals surface area contributed by atoms with Gasteiger partial charge in [0.1, 0.15) is 11.6 Å². The van der Waals surface area contributed by atoms with Gasteiger partial charge in [-0.15, -0.1) is 21.5 Å². The van der Waals surface area contributed by atoms with Gasteiger partial charge < -0.3 is 19.4 Å². The van der Waals surface area contributed by atoms with Crippen molar-refractivity contribution < 1.29 is 18.3 Å². The fraction of sp³-hybridized carbons (Fsp3) is 0.394. The van der Waals surface area contributed by atoms with Crippen molar-refractivity contribution in [3.05, 3.63) is 71.0 Å². The van der Waals surface area contributed by atoms with Crippen LogP contribution in [0.5, 0.6) is 0 Å². The number of hydrogen-bond acceptors (Lipinski definition) is 10. The summed E-state index contributed by atoms with van der Waals surface area (Å²) in [5.74, 6) is 1.70. The fourth-order valence-corrected chi connectivity index (χ4v) is 8.11. The van der Waals surface area contributed by atoms with Gasteiger partial charge in [0.25, 0.3) is 5.91 Å². The molecule has 0 bridgehead atoms. The second-order valence-corrected chi connectivity index (χ2v) is 13.1. The summed E-state index contributed by atoms with van der Waals surface area (Å²) >= 11 is 1.56. The highest BCUT2D eigenvalue weighted by atomic mass is 32.1. The number of aryl methyl sites for hydroxylation is 2. The zero-order chi connectivity index (χ0) is 30.5. The normalized spacial score (nSPS) is 18.1. The molecule has 8 heterocycles. The van der Waals surface area contributed by atoms with Gasteiger partial charge in [-0.1, -0.05) is 0 Å². The highest BCUT2D eigenvalue weighted by Gasteiger charge is 2.45. The predicted molar refractivity (Wildman–Crippen MR) is 167 cm³/mol. The molecule has 2 saturated heterocycles. The molecule has 10 nitrogen and oxygen atoms in total. The van der Waals surface area contributed by atoms with E-state index in [0.717, 1.165) is 95.8 Å². The Morgan fingerprint density at radius 3 is 2.82 bits per heavy atom. The molecule has 3 aliphatic heterocycles. The molecule has 0 radical (unpaired) electrons. The Kier molecular flexibility index (Phi) is 7.25. The number of aromatic nitrogens is 5. The van der Waals surface area contributed by atoms with Crippen LogP contribution >= 0.6 is 11.3 Å². The molecule has 0 aromatic carbocycles. The van der Waals surface area contributed by atoms with Gasteiger partial charge in [-0.25, -0.2) is 9.37 Å². The highest BCUT2D eigenvalue weighted by molar-refractivity contribution is 7.23. The minimum absolute atomic E-state index is 0.0102. The van der Waals surface area contributed by atoms with Crippen LogP contribution in [0.1, 0.15) is 71.3 Å². The smallest absolute Gasteiger partial charge is 0.257 e. The molecule has 5 aromatic rings. The number of fused-ring (bicyclic) bond motifs is 4. The Morgan fingerprint density at radius 1 is 1.11 bits per heavy atom. The third kappa shape index (κ3) is 5.15. The number of hydrogen-bond donors (Lipinski definition) is 1. The van der Waals surface area contributed by atoms with Crippen LogP contribution in [0.2, 0.25) is 0 Å². The van der Waals surface area contributed by atoms with E-state index in [4.69, 9.17) is 14.1 Å². The van der Waals surface area contributed by atoms with Crippen molar-refractivity contribution in [3.63, 3.8) is 0 Å². The first-order valence-corrected chi connectivity index (χ1v) is 16.3. The lowest BCUT2D eigenvalue weighted by Gasteiger charge is -2.22. The Hall–Kier alpha value is -4.29. The first-order valence-electron chi connectivity index (χ1n) is 15.5. The molecule has 0 saturated carbocycles. The Bertz CT molecular complexity index is 1920. The molecule has 0 aliphatic carbocycles. The maximum absolute atomic E-state index is 14.1. The molecule has 0 spiro atoms. The summed E-state index contributed by atoms with van der Waals surface area (Å²) in [5.41, 5.74) is 4.67. The topological polar surface area (TPSA) is 119 Å². The summed E-state index contributed by atoms with van der Waals surface area (Å²) in [6.07, 6.45) is 10.2. The van der Waals surface area contributed by atoms with Crippen LogP contribution in [-0.2, 0) is 17.7 Å². The summed E-state index contributed by atoms with van der Waals surface area (Å²) in [7, 11) is 0. The van der Waals surface area contributed by atoms with Crippen LogP contribution in [0, 0.1) is 18.7 Å². The van der Waals surface area contributed by atoms with Crippen molar-refractivity contribution in [2.24, 2.45) is 5.92 Å². The molecule has 1 N–H and O–H groups in total. The Labute approximate surface area is 263 Å². The molecule has 5 aromatic heterocycles. The van der Waals surface area contributed by atoms with E-state index in [1.807, 2.05) is 11.0 Å². The summed E-state index contributed by atoms with van der Waals surface area (Å²) in [4.78, 5) is 30.8. The lowest BCUT2D eigenvalue weighted by Crippen LogP contribution is -2.22. The van der Waals surface area contributed by atoms with Gasteiger partial charge >= 0.3 is 0 Å². The van der Waals surface area contributed by atoms with Gasteiger partial charge in [0.05, 0.1) is 39.5 Å². The van der Waals surface area contributed by atoms with Crippen LogP contribution in [-0.4, -0.2) is 55.7 Å². The lowest BCUT2D eigenvalue weighted by atomic mass is 9.90. The van der Waals surface area contributed by atoms with Gasteiger partial charge in [0.2, 0.25) is 11.8 Å². The molecule has 12 heteroatoms. The van der Waals surface area contributed by atoms with Gasteiger partial charge in [-0.2, -0.15) is 0 Å². The molecule has 1 atom stereocenters. The number of carbonyl (C=O) groups is 1. The summed E-state index contributed by atoms with van der Waals surface area (Å²) in [5, 5.41) is 13.0. The van der Waals surface area contributed by atoms with Crippen molar-refractivity contribution in [2.45, 2.75) is 58.0 Å². The number of halogens is 1. The second kappa shape index (κ2) is 11.6. The van der Waals surface area contributed by atoms with Crippen molar-refractivity contribution in [2.75, 3.05) is 25.1 Å². The van der Waals surface area contributed by atoms with E-state index >= 15 is 0 Å². The molecule has 230 valence electrons. The molecule has 0 unspecified atom stereocenters. The molecule has 1 amide bonds. The van der Waals surface area contributed by atoms with E-state index in [1.54, 1.807) is 30.7 Å². The standard InChI is InChI=1S/C33H32FN7O3S/c1-18-39-40-32(44-18)26-23(5-4-19-7-11-43-12-8-19)38-29-24-3-2-10-41(24)33(42)28(29)27(26)25-14-21-6-9-36-31(30(21)45-25)37-16-20-13-22(34)17-35-15-20/h6,9,13-15,17,19,24H,2-5,7-8,10-12,16H2,1H3,(H,36,37)/t24-/m0/s1. The molecule has 3 aliphatic rings. The number of amides is 1. The number of nitrogens with one attached hydrogen (secondary N) is 1. The Balaban J connectivity index is 1.28. The first kappa shape index (κ1) is 28.2. The van der Waals surface area contributed by atoms with E-state index in [2.05, 4.69) is 31.5 Å². The van der Waals surface area contributed by atoms with Crippen molar-refractivity contribution in [1.29, 1.82) is 0 Å². The van der Waals surface area contributed by atoms with E-state index in [9.17, 15) is 9.18 Å². The number of anilines is 1. The quantitative estimate of drug-likeness (QED) is 0.206. The van der Waals surface area contributed by atoms with Crippen LogP contribution < -0.4 is 5.32 Å². The van der Waals surface area contributed by atoms with Gasteiger partial charge in [-0.05, 0) is 73.6 Å². The molecule has 45 heavy (non-hydrogen) atoms. The van der Waals surface area contributed by atoms with E-state index in [-0.39, 0.29) is 17.8 Å². The van der Waals surface area contributed by atoms with Gasteiger partial charge in [0, 0.05) is 56.1 Å². The fourth-order valence-electron chi connectivity index (χ4n) is 6.93. The largest absolute Gasteiger partial charge is 0.421 e. The second-order valence-electron chi connectivity index (χ2n) is 12.0. The first-order chi connectivity index (χ1) is 22.0. The van der Waals surface area contributed by atoms with E-state index in [0.29, 0.717) is 41.2 Å². The van der Waals surface area contributed by atoms with Crippen LogP contribution in [0.15, 0.2) is 41.2 Å². The number of ether oxygens (including phenoxy) is 1. The maximum atomic E-state index is 14.1. The summed E-state index contributed by atoms with van der Waals surface area (Å²) < 4.78 is 26.4. The predicted octanol–water partition coefficient (Wildman–Crippen LogP) is 6.51. The minimum Gasteiger partial charge on any atom is -0.421 e. The minimum atomic E-state index is -0.382. The Morgan fingerprint density at radius 2 is 2.00 bits per heavy atom. The molecular formula is C33H32FN7O3S. The number of rotatable bonds is 8. The number of thiophene rings is 1.